The van der Waals surface area contributed by atoms with Crippen LogP contribution in [0, 0.1) is 22.6 Å². The van der Waals surface area contributed by atoms with E-state index in [2.05, 4.69) is 16.0 Å². The number of fused-ring (bicyclic) bond motifs is 1. The van der Waals surface area contributed by atoms with E-state index in [0.29, 0.717) is 62.8 Å². The molecule has 0 bridgehead atoms. The number of carbonyl (C=O) groups is 2. The Morgan fingerprint density at radius 2 is 1.60 bits per heavy atom. The number of nitriles is 1. The van der Waals surface area contributed by atoms with Crippen molar-refractivity contribution in [1.29, 1.82) is 5.26 Å². The van der Waals surface area contributed by atoms with Gasteiger partial charge in [0, 0.05) is 50.9 Å². The van der Waals surface area contributed by atoms with Gasteiger partial charge in [-0.05, 0) is 73.2 Å². The van der Waals surface area contributed by atoms with Crippen molar-refractivity contribution >= 4 is 17.6 Å². The number of likely N-dealkylation sites (tertiary alicyclic amines) is 1. The maximum Gasteiger partial charge on any atom is 0.257 e. The number of benzene rings is 3. The van der Waals surface area contributed by atoms with Gasteiger partial charge in [0.05, 0.1) is 24.2 Å². The fourth-order valence-corrected chi connectivity index (χ4v) is 6.68. The Balaban J connectivity index is 1.25. The molecule has 0 N–H and O–H groups in total. The number of hydrogen-bond donors (Lipinski definition) is 0. The third-order valence-electron chi connectivity index (χ3n) is 9.58. The van der Waals surface area contributed by atoms with Gasteiger partial charge in [-0.3, -0.25) is 9.59 Å². The Kier molecular flexibility index (Phi) is 10.3. The number of hydrogen-bond acceptors (Lipinski definition) is 6. The van der Waals surface area contributed by atoms with Crippen LogP contribution in [0.25, 0.3) is 0 Å². The highest BCUT2D eigenvalue weighted by atomic mass is 19.1. The van der Waals surface area contributed by atoms with Crippen LogP contribution in [0.15, 0.2) is 97.2 Å². The second-order valence-corrected chi connectivity index (χ2v) is 12.8. The van der Waals surface area contributed by atoms with Crippen molar-refractivity contribution in [2.24, 2.45) is 5.41 Å². The van der Waals surface area contributed by atoms with E-state index in [1.165, 1.54) is 12.1 Å². The van der Waals surface area contributed by atoms with Gasteiger partial charge in [0.25, 0.3) is 5.91 Å². The molecule has 0 radical (unpaired) electrons. The predicted molar refractivity (Wildman–Crippen MR) is 182 cm³/mol. The van der Waals surface area contributed by atoms with Crippen molar-refractivity contribution in [3.05, 3.63) is 125 Å². The molecule has 3 aromatic carbocycles. The van der Waals surface area contributed by atoms with Gasteiger partial charge < -0.3 is 19.4 Å². The topological polar surface area (TPSA) is 89.8 Å². The van der Waals surface area contributed by atoms with Gasteiger partial charge in [0.15, 0.2) is 0 Å². The molecule has 0 atom stereocenters. The number of aromatic nitrogens is 1. The zero-order valence-electron chi connectivity index (χ0n) is 27.1. The molecule has 0 saturated carbocycles. The van der Waals surface area contributed by atoms with Crippen molar-refractivity contribution in [2.45, 2.75) is 38.6 Å². The van der Waals surface area contributed by atoms with Gasteiger partial charge in [0.1, 0.15) is 23.5 Å². The Bertz CT molecular complexity index is 1730. The number of pyridine rings is 1. The number of halogens is 1. The molecule has 1 fully saturated rings. The first-order valence-electron chi connectivity index (χ1n) is 16.6. The first-order valence-corrected chi connectivity index (χ1v) is 16.6. The Morgan fingerprint density at radius 3 is 2.33 bits per heavy atom. The second-order valence-electron chi connectivity index (χ2n) is 12.8. The number of carbonyl (C=O) groups excluding carboxylic acids is 2. The minimum Gasteiger partial charge on any atom is -0.492 e. The van der Waals surface area contributed by atoms with Gasteiger partial charge in [-0.1, -0.05) is 54.6 Å². The van der Waals surface area contributed by atoms with Crippen molar-refractivity contribution < 1.29 is 18.7 Å². The van der Waals surface area contributed by atoms with Crippen molar-refractivity contribution in [1.82, 2.24) is 14.8 Å². The summed E-state index contributed by atoms with van der Waals surface area (Å²) in [6.07, 6.45) is 5.12. The van der Waals surface area contributed by atoms with Crippen LogP contribution in [0.4, 0.5) is 10.2 Å². The molecule has 48 heavy (non-hydrogen) atoms. The number of ether oxygens (including phenoxy) is 1. The summed E-state index contributed by atoms with van der Waals surface area (Å²) in [6.45, 7) is 3.86. The molecule has 0 aliphatic carbocycles. The highest BCUT2D eigenvalue weighted by Crippen LogP contribution is 2.38. The molecule has 2 aliphatic heterocycles. The average Bonchev–Trinajstić information content (AvgIpc) is 3.13. The van der Waals surface area contributed by atoms with E-state index in [-0.39, 0.29) is 29.5 Å². The van der Waals surface area contributed by atoms with Crippen LogP contribution in [-0.2, 0) is 17.8 Å². The van der Waals surface area contributed by atoms with Gasteiger partial charge in [-0.15, -0.1) is 0 Å². The quantitative estimate of drug-likeness (QED) is 0.254. The lowest BCUT2D eigenvalue weighted by Crippen LogP contribution is -2.46. The summed E-state index contributed by atoms with van der Waals surface area (Å²) >= 11 is 0. The van der Waals surface area contributed by atoms with Crippen molar-refractivity contribution in [3.63, 3.8) is 0 Å². The Hall–Kier alpha value is -5.23. The first-order chi connectivity index (χ1) is 23.4. The van der Waals surface area contributed by atoms with Crippen LogP contribution in [0.3, 0.4) is 0 Å². The molecule has 2 aliphatic rings. The van der Waals surface area contributed by atoms with Gasteiger partial charge in [-0.25, -0.2) is 9.37 Å². The number of nitrogens with zero attached hydrogens (tertiary/aromatic N) is 5. The molecule has 1 spiro atoms. The number of amides is 2. The van der Waals surface area contributed by atoms with Gasteiger partial charge in [0.2, 0.25) is 5.91 Å². The molecule has 6 rings (SSSR count). The number of rotatable bonds is 5. The smallest absolute Gasteiger partial charge is 0.257 e. The molecule has 4 aromatic rings. The number of piperidine rings is 1. The molecule has 246 valence electrons. The van der Waals surface area contributed by atoms with Crippen LogP contribution in [0.5, 0.6) is 5.75 Å². The van der Waals surface area contributed by atoms with E-state index in [4.69, 9.17) is 4.74 Å². The van der Waals surface area contributed by atoms with Crippen LogP contribution in [0.2, 0.25) is 0 Å². The van der Waals surface area contributed by atoms with Crippen LogP contribution >= 0.6 is 0 Å². The van der Waals surface area contributed by atoms with E-state index in [9.17, 15) is 19.2 Å². The largest absolute Gasteiger partial charge is 0.492 e. The monoisotopic (exact) mass is 645 g/mol. The van der Waals surface area contributed by atoms with E-state index < -0.39 is 0 Å². The van der Waals surface area contributed by atoms with Crippen LogP contribution < -0.4 is 9.64 Å². The summed E-state index contributed by atoms with van der Waals surface area (Å²) in [7, 11) is 0. The molecule has 8 nitrogen and oxygen atoms in total. The number of anilines is 1. The lowest BCUT2D eigenvalue weighted by molar-refractivity contribution is -0.133. The third kappa shape index (κ3) is 8.00. The fourth-order valence-electron chi connectivity index (χ4n) is 6.68. The summed E-state index contributed by atoms with van der Waals surface area (Å²) in [6, 6.07) is 29.3. The molecular weight excluding hydrogens is 605 g/mol. The van der Waals surface area contributed by atoms with Crippen molar-refractivity contribution in [3.8, 4) is 11.8 Å². The maximum atomic E-state index is 14.2. The lowest BCUT2D eigenvalue weighted by atomic mass is 9.75. The summed E-state index contributed by atoms with van der Waals surface area (Å²) in [5.74, 6) is 0.957. The van der Waals surface area contributed by atoms with Gasteiger partial charge >= 0.3 is 0 Å². The zero-order valence-corrected chi connectivity index (χ0v) is 27.1. The maximum absolute atomic E-state index is 14.2. The standard InChI is InChI=1S/C39H40FN5O3/c40-33-14-11-30(12-15-33)25-37(46)44-21-18-39(19-22-44)17-6-20-43(36-16-13-32(26-41)27-42-36)23-24-45(28-31-7-2-1-3-8-31)38(47)34-9-4-5-10-35(34)48-29-39/h1-5,7-16,27H,6,17-25,28-29H2. The van der Waals surface area contributed by atoms with Crippen LogP contribution in [-0.4, -0.2) is 65.9 Å². The third-order valence-corrected chi connectivity index (χ3v) is 9.58. The highest BCUT2D eigenvalue weighted by molar-refractivity contribution is 5.97. The van der Waals surface area contributed by atoms with E-state index in [0.717, 1.165) is 42.6 Å². The molecular formula is C39H40FN5O3. The molecule has 1 aromatic heterocycles. The summed E-state index contributed by atoms with van der Waals surface area (Å²) in [5, 5.41) is 9.34. The van der Waals surface area contributed by atoms with Gasteiger partial charge in [-0.2, -0.15) is 5.26 Å². The zero-order chi connectivity index (χ0) is 33.3. The molecule has 0 unspecified atom stereocenters. The molecule has 1 saturated heterocycles. The normalized spacial score (nSPS) is 16.9. The fraction of sp³-hybridized carbons (Fsp3) is 0.333. The number of para-hydroxylation sites is 1. The Labute approximate surface area is 281 Å². The molecule has 3 heterocycles. The average molecular weight is 646 g/mol. The molecule has 9 heteroatoms. The van der Waals surface area contributed by atoms with E-state index >= 15 is 0 Å². The van der Waals surface area contributed by atoms with Crippen LogP contribution in [0.1, 0.15) is 52.7 Å². The second kappa shape index (κ2) is 15.1. The summed E-state index contributed by atoms with van der Waals surface area (Å²) < 4.78 is 20.0. The predicted octanol–water partition coefficient (Wildman–Crippen LogP) is 6.27. The van der Waals surface area contributed by atoms with Crippen molar-refractivity contribution in [2.75, 3.05) is 44.2 Å². The highest BCUT2D eigenvalue weighted by Gasteiger charge is 2.37. The minimum absolute atomic E-state index is 0.0366. The first kappa shape index (κ1) is 32.7. The van der Waals surface area contributed by atoms with E-state index in [1.807, 2.05) is 70.5 Å². The summed E-state index contributed by atoms with van der Waals surface area (Å²) in [4.78, 5) is 38.0. The molecule has 2 amide bonds. The van der Waals surface area contributed by atoms with E-state index in [1.54, 1.807) is 24.4 Å². The Morgan fingerprint density at radius 1 is 0.854 bits per heavy atom. The summed E-state index contributed by atoms with van der Waals surface area (Å²) in [5.41, 5.74) is 2.67. The minimum atomic E-state index is -0.315. The SMILES string of the molecule is N#Cc1ccc(N2CCCC3(CCN(C(=O)Cc4ccc(F)cc4)CC3)COc3ccccc3C(=O)N(Cc3ccccc3)CC2)nc1. The lowest BCUT2D eigenvalue weighted by Gasteiger charge is -2.42.